The molecule has 2 aromatic carbocycles. The van der Waals surface area contributed by atoms with E-state index in [0.717, 1.165) is 65.6 Å². The first-order valence-corrected chi connectivity index (χ1v) is 11.1. The van der Waals surface area contributed by atoms with Crippen molar-refractivity contribution in [3.8, 4) is 16.9 Å². The van der Waals surface area contributed by atoms with E-state index < -0.39 is 0 Å². The Labute approximate surface area is 184 Å². The van der Waals surface area contributed by atoms with Crippen LogP contribution in [0.1, 0.15) is 31.2 Å². The third-order valence-electron chi connectivity index (χ3n) is 5.94. The molecule has 0 atom stereocenters. The van der Waals surface area contributed by atoms with E-state index in [1.807, 2.05) is 32.4 Å². The Hall–Kier alpha value is -2.70. The van der Waals surface area contributed by atoms with Gasteiger partial charge in [0.05, 0.1) is 11.6 Å². The maximum atomic E-state index is 9.74. The van der Waals surface area contributed by atoms with E-state index in [2.05, 4.69) is 46.4 Å². The molecule has 1 fully saturated rings. The Morgan fingerprint density at radius 2 is 1.90 bits per heavy atom. The summed E-state index contributed by atoms with van der Waals surface area (Å²) in [6.07, 6.45) is 5.27. The second-order valence-electron chi connectivity index (χ2n) is 8.72. The van der Waals surface area contributed by atoms with Crippen LogP contribution in [-0.2, 0) is 0 Å². The van der Waals surface area contributed by atoms with Crippen LogP contribution in [0.25, 0.3) is 22.0 Å². The predicted molar refractivity (Wildman–Crippen MR) is 126 cm³/mol. The lowest BCUT2D eigenvalue weighted by atomic mass is 9.93. The lowest BCUT2D eigenvalue weighted by Crippen LogP contribution is -2.28. The Morgan fingerprint density at radius 3 is 2.65 bits per heavy atom. The number of rotatable bonds is 7. The van der Waals surface area contributed by atoms with Crippen molar-refractivity contribution in [2.75, 3.05) is 32.6 Å². The Morgan fingerprint density at radius 1 is 1.10 bits per heavy atom. The zero-order valence-corrected chi connectivity index (χ0v) is 18.6. The number of aliphatic hydroxyl groups is 1. The number of benzene rings is 2. The molecule has 1 saturated carbocycles. The van der Waals surface area contributed by atoms with Crippen molar-refractivity contribution in [2.45, 2.75) is 44.8 Å². The molecule has 1 aliphatic carbocycles. The van der Waals surface area contributed by atoms with Gasteiger partial charge in [-0.15, -0.1) is 0 Å². The van der Waals surface area contributed by atoms with Gasteiger partial charge in [0.2, 0.25) is 5.95 Å². The summed E-state index contributed by atoms with van der Waals surface area (Å²) in [4.78, 5) is 11.5. The molecule has 0 bridgehead atoms. The average molecular weight is 421 g/mol. The monoisotopic (exact) mass is 420 g/mol. The van der Waals surface area contributed by atoms with Gasteiger partial charge < -0.3 is 20.1 Å². The van der Waals surface area contributed by atoms with Gasteiger partial charge in [-0.2, -0.15) is 0 Å². The number of para-hydroxylation sites is 1. The predicted octanol–water partition coefficient (Wildman–Crippen LogP) is 4.26. The fraction of sp³-hybridized carbons (Fsp3) is 0.440. The van der Waals surface area contributed by atoms with Gasteiger partial charge >= 0.3 is 0 Å². The Balaban J connectivity index is 1.58. The van der Waals surface area contributed by atoms with E-state index >= 15 is 0 Å². The van der Waals surface area contributed by atoms with Crippen molar-refractivity contribution in [2.24, 2.45) is 0 Å². The average Bonchev–Trinajstić information content (AvgIpc) is 2.75. The van der Waals surface area contributed by atoms with Gasteiger partial charge in [0, 0.05) is 29.7 Å². The first kappa shape index (κ1) is 21.5. The van der Waals surface area contributed by atoms with Crippen LogP contribution in [0.4, 0.5) is 5.95 Å². The molecule has 164 valence electrons. The fourth-order valence-electron chi connectivity index (χ4n) is 4.12. The molecule has 6 heteroatoms. The fourth-order valence-corrected chi connectivity index (χ4v) is 4.12. The lowest BCUT2D eigenvalue weighted by Gasteiger charge is -2.26. The smallest absolute Gasteiger partial charge is 0.223 e. The molecule has 1 heterocycles. The SMILES string of the molecule is Cc1cc(OCCN(C)C)ccc1-c1cccc2cnc(N[C@H]3CC[C@H](O)CC3)nc12. The topological polar surface area (TPSA) is 70.5 Å². The van der Waals surface area contributed by atoms with E-state index in [4.69, 9.17) is 9.72 Å². The molecule has 0 amide bonds. The zero-order chi connectivity index (χ0) is 21.8. The van der Waals surface area contributed by atoms with Crippen LogP contribution in [0.15, 0.2) is 42.6 Å². The molecule has 0 spiro atoms. The third-order valence-corrected chi connectivity index (χ3v) is 5.94. The van der Waals surface area contributed by atoms with Crippen LogP contribution in [0, 0.1) is 6.92 Å². The van der Waals surface area contributed by atoms with Crippen molar-refractivity contribution in [1.29, 1.82) is 0 Å². The maximum Gasteiger partial charge on any atom is 0.223 e. The van der Waals surface area contributed by atoms with E-state index in [-0.39, 0.29) is 6.10 Å². The van der Waals surface area contributed by atoms with Crippen LogP contribution in [-0.4, -0.2) is 59.4 Å². The summed E-state index contributed by atoms with van der Waals surface area (Å²) in [6.45, 7) is 3.66. The van der Waals surface area contributed by atoms with E-state index in [1.54, 1.807) is 0 Å². The molecule has 31 heavy (non-hydrogen) atoms. The van der Waals surface area contributed by atoms with Crippen LogP contribution in [0.2, 0.25) is 0 Å². The van der Waals surface area contributed by atoms with Gasteiger partial charge in [-0.05, 0) is 70.0 Å². The number of likely N-dealkylation sites (N-methyl/N-ethyl adjacent to an activating group) is 1. The summed E-state index contributed by atoms with van der Waals surface area (Å²) in [5.41, 5.74) is 4.35. The summed E-state index contributed by atoms with van der Waals surface area (Å²) in [5.74, 6) is 1.54. The van der Waals surface area contributed by atoms with Crippen LogP contribution in [0.3, 0.4) is 0 Å². The molecule has 0 radical (unpaired) electrons. The largest absolute Gasteiger partial charge is 0.492 e. The normalized spacial score (nSPS) is 19.0. The lowest BCUT2D eigenvalue weighted by molar-refractivity contribution is 0.126. The highest BCUT2D eigenvalue weighted by molar-refractivity contribution is 5.94. The number of aliphatic hydroxyl groups excluding tert-OH is 1. The molecule has 3 aromatic rings. The quantitative estimate of drug-likeness (QED) is 0.595. The Bertz CT molecular complexity index is 1030. The van der Waals surface area contributed by atoms with Gasteiger partial charge in [-0.25, -0.2) is 9.97 Å². The summed E-state index contributed by atoms with van der Waals surface area (Å²) in [6, 6.07) is 12.8. The number of aryl methyl sites for hydroxylation is 1. The minimum Gasteiger partial charge on any atom is -0.492 e. The molecule has 0 aliphatic heterocycles. The summed E-state index contributed by atoms with van der Waals surface area (Å²) in [5, 5.41) is 14.2. The number of aromatic nitrogens is 2. The van der Waals surface area contributed by atoms with Gasteiger partial charge in [-0.3, -0.25) is 0 Å². The van der Waals surface area contributed by atoms with Crippen LogP contribution in [0.5, 0.6) is 5.75 Å². The number of ether oxygens (including phenoxy) is 1. The van der Waals surface area contributed by atoms with Gasteiger partial charge in [-0.1, -0.05) is 24.3 Å². The van der Waals surface area contributed by atoms with E-state index in [1.165, 1.54) is 0 Å². The molecular formula is C25H32N4O2. The second-order valence-corrected chi connectivity index (χ2v) is 8.72. The first-order valence-electron chi connectivity index (χ1n) is 11.1. The number of anilines is 1. The van der Waals surface area contributed by atoms with Crippen molar-refractivity contribution >= 4 is 16.9 Å². The molecule has 1 aliphatic rings. The summed E-state index contributed by atoms with van der Waals surface area (Å²) < 4.78 is 5.89. The summed E-state index contributed by atoms with van der Waals surface area (Å²) >= 11 is 0. The molecule has 0 saturated heterocycles. The molecule has 6 nitrogen and oxygen atoms in total. The minimum atomic E-state index is -0.167. The van der Waals surface area contributed by atoms with Crippen molar-refractivity contribution < 1.29 is 9.84 Å². The highest BCUT2D eigenvalue weighted by Crippen LogP contribution is 2.32. The van der Waals surface area contributed by atoms with E-state index in [9.17, 15) is 5.11 Å². The van der Waals surface area contributed by atoms with Crippen molar-refractivity contribution in [1.82, 2.24) is 14.9 Å². The second kappa shape index (κ2) is 9.62. The van der Waals surface area contributed by atoms with E-state index in [0.29, 0.717) is 18.6 Å². The van der Waals surface area contributed by atoms with Gasteiger partial charge in [0.15, 0.2) is 0 Å². The molecule has 1 aromatic heterocycles. The minimum absolute atomic E-state index is 0.167. The van der Waals surface area contributed by atoms with Crippen molar-refractivity contribution in [3.05, 3.63) is 48.2 Å². The maximum absolute atomic E-state index is 9.74. The number of hydrogen-bond donors (Lipinski definition) is 2. The number of nitrogens with zero attached hydrogens (tertiary/aromatic N) is 3. The highest BCUT2D eigenvalue weighted by Gasteiger charge is 2.20. The zero-order valence-electron chi connectivity index (χ0n) is 18.6. The molecular weight excluding hydrogens is 388 g/mol. The highest BCUT2D eigenvalue weighted by atomic mass is 16.5. The van der Waals surface area contributed by atoms with Crippen LogP contribution >= 0.6 is 0 Å². The molecule has 4 rings (SSSR count). The van der Waals surface area contributed by atoms with Crippen LogP contribution < -0.4 is 10.1 Å². The van der Waals surface area contributed by atoms with Crippen molar-refractivity contribution in [3.63, 3.8) is 0 Å². The Kier molecular flexibility index (Phi) is 6.68. The standard InChI is InChI=1S/C25H32N4O2/c1-17-15-21(31-14-13-29(2)3)11-12-22(17)23-6-4-5-18-16-26-25(28-24(18)23)27-19-7-9-20(30)10-8-19/h4-6,11-12,15-16,19-20,30H,7-10,13-14H2,1-3H3,(H,26,27,28)/t19-,20-. The number of hydrogen-bond acceptors (Lipinski definition) is 6. The third kappa shape index (κ3) is 5.32. The molecule has 2 N–H and O–H groups in total. The van der Waals surface area contributed by atoms with Gasteiger partial charge in [0.1, 0.15) is 12.4 Å². The first-order chi connectivity index (χ1) is 15.0. The number of fused-ring (bicyclic) bond motifs is 1. The van der Waals surface area contributed by atoms with Gasteiger partial charge in [0.25, 0.3) is 0 Å². The molecule has 0 unspecified atom stereocenters. The number of nitrogens with one attached hydrogen (secondary N) is 1. The summed E-state index contributed by atoms with van der Waals surface area (Å²) in [7, 11) is 4.08.